The van der Waals surface area contributed by atoms with Gasteiger partial charge >= 0.3 is 11.9 Å². The van der Waals surface area contributed by atoms with Gasteiger partial charge in [-0.05, 0) is 20.5 Å². The fourth-order valence-electron chi connectivity index (χ4n) is 3.55. The summed E-state index contributed by atoms with van der Waals surface area (Å²) in [5, 5.41) is 9.05. The normalized spacial score (nSPS) is 12.3. The number of esters is 1. The van der Waals surface area contributed by atoms with Crippen LogP contribution in [0.25, 0.3) is 0 Å². The van der Waals surface area contributed by atoms with Crippen molar-refractivity contribution in [1.82, 2.24) is 4.90 Å². The molecule has 5 nitrogen and oxygen atoms in total. The lowest BCUT2D eigenvalue weighted by Crippen LogP contribution is -2.25. The van der Waals surface area contributed by atoms with E-state index in [1.165, 1.54) is 77.0 Å². The molecule has 1 atom stereocenters. The molecule has 172 valence electrons. The molecule has 0 aliphatic heterocycles. The summed E-state index contributed by atoms with van der Waals surface area (Å²) in [7, 11) is 3.83. The van der Waals surface area contributed by atoms with Crippen LogP contribution in [0.1, 0.15) is 110 Å². The van der Waals surface area contributed by atoms with E-state index < -0.39 is 11.9 Å². The maximum Gasteiger partial charge on any atom is 0.309 e. The number of ether oxygens (including phenoxy) is 1. The SMILES string of the molecule is CCCCCCCCCCCCCCCCC(CC(=O)O)C(=O)OCCN(C)C. The first-order chi connectivity index (χ1) is 14.0. The smallest absolute Gasteiger partial charge is 0.309 e. The van der Waals surface area contributed by atoms with E-state index in [-0.39, 0.29) is 12.4 Å². The number of carbonyl (C=O) groups excluding carboxylic acids is 1. The number of carboxylic acid groups (broad SMARTS) is 1. The number of nitrogens with zero attached hydrogens (tertiary/aromatic N) is 1. The number of carboxylic acids is 1. The Kier molecular flexibility index (Phi) is 19.4. The molecule has 0 aliphatic carbocycles. The van der Waals surface area contributed by atoms with Gasteiger partial charge in [0.25, 0.3) is 0 Å². The van der Waals surface area contributed by atoms with Crippen molar-refractivity contribution in [2.24, 2.45) is 5.92 Å². The van der Waals surface area contributed by atoms with Crippen LogP contribution in [0.2, 0.25) is 0 Å². The minimum absolute atomic E-state index is 0.126. The van der Waals surface area contributed by atoms with E-state index >= 15 is 0 Å². The molecule has 0 heterocycles. The molecule has 0 rings (SSSR count). The van der Waals surface area contributed by atoms with Gasteiger partial charge in [0.1, 0.15) is 6.61 Å². The highest BCUT2D eigenvalue weighted by molar-refractivity contribution is 5.79. The molecule has 1 N–H and O–H groups in total. The standard InChI is InChI=1S/C24H47NO4/c1-4-5-6-7-8-9-10-11-12-13-14-15-16-17-18-22(21-23(26)27)24(28)29-20-19-25(2)3/h22H,4-21H2,1-3H3,(H,26,27). The molecule has 1 unspecified atom stereocenters. The van der Waals surface area contributed by atoms with Crippen LogP contribution in [0, 0.1) is 5.92 Å². The molecule has 0 aromatic heterocycles. The van der Waals surface area contributed by atoms with Crippen molar-refractivity contribution in [3.05, 3.63) is 0 Å². The number of carbonyl (C=O) groups is 2. The van der Waals surface area contributed by atoms with Crippen molar-refractivity contribution in [3.8, 4) is 0 Å². The van der Waals surface area contributed by atoms with Crippen molar-refractivity contribution >= 4 is 11.9 Å². The topological polar surface area (TPSA) is 66.8 Å². The Balaban J connectivity index is 3.64. The second kappa shape index (κ2) is 20.2. The van der Waals surface area contributed by atoms with E-state index in [0.717, 1.165) is 12.8 Å². The Bertz CT molecular complexity index is 398. The third-order valence-electron chi connectivity index (χ3n) is 5.44. The zero-order valence-electron chi connectivity index (χ0n) is 19.4. The van der Waals surface area contributed by atoms with Crippen LogP contribution >= 0.6 is 0 Å². The second-order valence-corrected chi connectivity index (χ2v) is 8.65. The van der Waals surface area contributed by atoms with Crippen molar-refractivity contribution < 1.29 is 19.4 Å². The summed E-state index contributed by atoms with van der Waals surface area (Å²) in [6.45, 7) is 3.24. The molecule has 0 spiro atoms. The average Bonchev–Trinajstić information content (AvgIpc) is 2.66. The molecule has 0 saturated heterocycles. The van der Waals surface area contributed by atoms with Crippen molar-refractivity contribution in [2.45, 2.75) is 110 Å². The molecule has 0 aromatic rings. The Morgan fingerprint density at radius 2 is 1.24 bits per heavy atom. The zero-order chi connectivity index (χ0) is 21.7. The van der Waals surface area contributed by atoms with E-state index in [9.17, 15) is 9.59 Å². The number of likely N-dealkylation sites (N-methyl/N-ethyl adjacent to an activating group) is 1. The van der Waals surface area contributed by atoms with Gasteiger partial charge in [0.15, 0.2) is 0 Å². The lowest BCUT2D eigenvalue weighted by atomic mass is 9.97. The number of hydrogen-bond donors (Lipinski definition) is 1. The maximum absolute atomic E-state index is 12.1. The van der Waals surface area contributed by atoms with Crippen LogP contribution in [0.15, 0.2) is 0 Å². The first kappa shape index (κ1) is 27.9. The number of aliphatic carboxylic acids is 1. The molecular weight excluding hydrogens is 366 g/mol. The van der Waals surface area contributed by atoms with Gasteiger partial charge in [0, 0.05) is 6.54 Å². The quantitative estimate of drug-likeness (QED) is 0.183. The molecular formula is C24H47NO4. The van der Waals surface area contributed by atoms with E-state index in [1.54, 1.807) is 0 Å². The van der Waals surface area contributed by atoms with Gasteiger partial charge in [0.05, 0.1) is 12.3 Å². The summed E-state index contributed by atoms with van der Waals surface area (Å²) in [5.41, 5.74) is 0. The van der Waals surface area contributed by atoms with Gasteiger partial charge in [-0.15, -0.1) is 0 Å². The van der Waals surface area contributed by atoms with Gasteiger partial charge in [-0.2, -0.15) is 0 Å². The van der Waals surface area contributed by atoms with E-state index in [2.05, 4.69) is 6.92 Å². The fourth-order valence-corrected chi connectivity index (χ4v) is 3.55. The van der Waals surface area contributed by atoms with E-state index in [0.29, 0.717) is 19.6 Å². The fraction of sp³-hybridized carbons (Fsp3) is 0.917. The summed E-state index contributed by atoms with van der Waals surface area (Å²) >= 11 is 0. The zero-order valence-corrected chi connectivity index (χ0v) is 19.4. The highest BCUT2D eigenvalue weighted by Gasteiger charge is 2.22. The van der Waals surface area contributed by atoms with Crippen molar-refractivity contribution in [1.29, 1.82) is 0 Å². The first-order valence-electron chi connectivity index (χ1n) is 12.0. The van der Waals surface area contributed by atoms with Crippen molar-refractivity contribution in [2.75, 3.05) is 27.2 Å². The predicted octanol–water partition coefficient (Wildman–Crippen LogP) is 6.05. The summed E-state index contributed by atoms with van der Waals surface area (Å²) in [5.74, 6) is -1.79. The summed E-state index contributed by atoms with van der Waals surface area (Å²) < 4.78 is 5.24. The molecule has 0 amide bonds. The number of hydrogen-bond acceptors (Lipinski definition) is 4. The Morgan fingerprint density at radius 1 is 0.793 bits per heavy atom. The predicted molar refractivity (Wildman–Crippen MR) is 120 cm³/mol. The van der Waals surface area contributed by atoms with Gasteiger partial charge in [-0.25, -0.2) is 0 Å². The number of rotatable bonds is 21. The molecule has 0 saturated carbocycles. The summed E-state index contributed by atoms with van der Waals surface area (Å²) in [6, 6.07) is 0. The largest absolute Gasteiger partial charge is 0.481 e. The third kappa shape index (κ3) is 20.0. The van der Waals surface area contributed by atoms with Crippen molar-refractivity contribution in [3.63, 3.8) is 0 Å². The highest BCUT2D eigenvalue weighted by atomic mass is 16.5. The lowest BCUT2D eigenvalue weighted by Gasteiger charge is -2.15. The van der Waals surface area contributed by atoms with Gasteiger partial charge < -0.3 is 14.7 Å². The van der Waals surface area contributed by atoms with E-state index in [4.69, 9.17) is 9.84 Å². The van der Waals surface area contributed by atoms with Crippen LogP contribution in [0.5, 0.6) is 0 Å². The monoisotopic (exact) mass is 413 g/mol. The molecule has 0 aliphatic rings. The van der Waals surface area contributed by atoms with Crippen LogP contribution in [-0.2, 0) is 14.3 Å². The third-order valence-corrected chi connectivity index (χ3v) is 5.44. The maximum atomic E-state index is 12.1. The average molecular weight is 414 g/mol. The minimum Gasteiger partial charge on any atom is -0.481 e. The summed E-state index contributed by atoms with van der Waals surface area (Å²) in [4.78, 5) is 25.1. The Labute approximate surface area is 179 Å². The molecule has 0 aromatic carbocycles. The number of unbranched alkanes of at least 4 members (excludes halogenated alkanes) is 13. The minimum atomic E-state index is -0.926. The molecule has 5 heteroatoms. The molecule has 0 radical (unpaired) electrons. The molecule has 0 fully saturated rings. The van der Waals surface area contributed by atoms with Crippen LogP contribution in [0.3, 0.4) is 0 Å². The van der Waals surface area contributed by atoms with Gasteiger partial charge in [0.2, 0.25) is 0 Å². The van der Waals surface area contributed by atoms with Gasteiger partial charge in [-0.3, -0.25) is 9.59 Å². The van der Waals surface area contributed by atoms with Crippen LogP contribution in [-0.4, -0.2) is 49.2 Å². The Morgan fingerprint density at radius 3 is 1.66 bits per heavy atom. The highest BCUT2D eigenvalue weighted by Crippen LogP contribution is 2.18. The lowest BCUT2D eigenvalue weighted by molar-refractivity contribution is -0.153. The summed E-state index contributed by atoms with van der Waals surface area (Å²) in [6.07, 6.45) is 18.5. The molecule has 29 heavy (non-hydrogen) atoms. The van der Waals surface area contributed by atoms with Crippen LogP contribution < -0.4 is 0 Å². The van der Waals surface area contributed by atoms with Gasteiger partial charge in [-0.1, -0.05) is 96.8 Å². The van der Waals surface area contributed by atoms with E-state index in [1.807, 2.05) is 19.0 Å². The van der Waals surface area contributed by atoms with Crippen LogP contribution in [0.4, 0.5) is 0 Å². The molecule has 0 bridgehead atoms. The Hall–Kier alpha value is -1.10. The second-order valence-electron chi connectivity index (χ2n) is 8.65. The first-order valence-corrected chi connectivity index (χ1v) is 12.0.